The maximum absolute atomic E-state index is 11.7. The second-order valence-corrected chi connectivity index (χ2v) is 4.72. The van der Waals surface area contributed by atoms with Crippen molar-refractivity contribution >= 4 is 40.0 Å². The molecule has 2 aromatic rings. The van der Waals surface area contributed by atoms with Crippen LogP contribution in [0.1, 0.15) is 17.3 Å². The van der Waals surface area contributed by atoms with Gasteiger partial charge in [-0.3, -0.25) is 14.6 Å². The van der Waals surface area contributed by atoms with Crippen LogP contribution in [-0.4, -0.2) is 22.2 Å². The van der Waals surface area contributed by atoms with E-state index in [1.807, 2.05) is 0 Å². The Kier molecular flexibility index (Phi) is 3.66. The number of carbonyl (C=O) groups excluding carboxylic acids is 2. The fourth-order valence-corrected chi connectivity index (χ4v) is 1.72. The van der Waals surface area contributed by atoms with Crippen LogP contribution in [0.3, 0.4) is 0 Å². The Morgan fingerprint density at radius 3 is 2.79 bits per heavy atom. The number of carbonyl (C=O) groups is 2. The van der Waals surface area contributed by atoms with E-state index in [1.54, 1.807) is 31.3 Å². The van der Waals surface area contributed by atoms with Crippen molar-refractivity contribution in [3.8, 4) is 0 Å². The molecule has 19 heavy (non-hydrogen) atoms. The highest BCUT2D eigenvalue weighted by Gasteiger charge is 2.14. The first kappa shape index (κ1) is 13.3. The normalized spacial score (nSPS) is 12.1. The van der Waals surface area contributed by atoms with Gasteiger partial charge < -0.3 is 11.1 Å². The molecule has 0 fully saturated rings. The van der Waals surface area contributed by atoms with Crippen molar-refractivity contribution in [1.29, 1.82) is 0 Å². The summed E-state index contributed by atoms with van der Waals surface area (Å²) >= 11 is 5.71. The largest absolute Gasteiger partial charge is 0.366 e. The van der Waals surface area contributed by atoms with E-state index in [0.29, 0.717) is 16.8 Å². The molecule has 0 aliphatic heterocycles. The fourth-order valence-electron chi connectivity index (χ4n) is 1.66. The van der Waals surface area contributed by atoms with Gasteiger partial charge in [-0.2, -0.15) is 0 Å². The Hall–Kier alpha value is -2.14. The quantitative estimate of drug-likeness (QED) is 0.840. The molecule has 0 saturated heterocycles. The molecule has 0 radical (unpaired) electrons. The summed E-state index contributed by atoms with van der Waals surface area (Å²) in [5.41, 5.74) is 6.57. The minimum atomic E-state index is -0.684. The smallest absolute Gasteiger partial charge is 0.248 e. The zero-order valence-corrected chi connectivity index (χ0v) is 10.9. The van der Waals surface area contributed by atoms with Crippen molar-refractivity contribution < 1.29 is 9.59 Å². The summed E-state index contributed by atoms with van der Waals surface area (Å²) in [5, 5.41) is 2.67. The van der Waals surface area contributed by atoms with Crippen LogP contribution in [-0.2, 0) is 4.79 Å². The number of aromatic nitrogens is 1. The minimum absolute atomic E-state index is 0.304. The van der Waals surface area contributed by atoms with Crippen molar-refractivity contribution in [2.24, 2.45) is 5.73 Å². The fraction of sp³-hybridized carbons (Fsp3) is 0.154. The van der Waals surface area contributed by atoms with Gasteiger partial charge in [0.25, 0.3) is 0 Å². The van der Waals surface area contributed by atoms with E-state index in [0.717, 1.165) is 5.39 Å². The van der Waals surface area contributed by atoms with Gasteiger partial charge in [-0.05, 0) is 25.1 Å². The molecule has 1 atom stereocenters. The Morgan fingerprint density at radius 1 is 1.42 bits per heavy atom. The van der Waals surface area contributed by atoms with E-state index < -0.39 is 11.3 Å². The molecule has 1 aromatic heterocycles. The molecule has 98 valence electrons. The van der Waals surface area contributed by atoms with E-state index in [9.17, 15) is 9.59 Å². The first-order chi connectivity index (χ1) is 8.99. The summed E-state index contributed by atoms with van der Waals surface area (Å²) in [5.74, 6) is -0.935. The van der Waals surface area contributed by atoms with Crippen LogP contribution >= 0.6 is 11.6 Å². The highest BCUT2D eigenvalue weighted by molar-refractivity contribution is 6.32. The number of nitrogens with two attached hydrogens (primary N) is 1. The maximum Gasteiger partial charge on any atom is 0.248 e. The lowest BCUT2D eigenvalue weighted by Crippen LogP contribution is -2.21. The standard InChI is InChI=1S/C13H12ClN3O2/c1-7(14)13(19)17-10-6-9(12(15)18)5-8-3-2-4-16-11(8)10/h2-7H,1H3,(H2,15,18)(H,17,19). The monoisotopic (exact) mass is 277 g/mol. The Labute approximate surface area is 114 Å². The van der Waals surface area contributed by atoms with Gasteiger partial charge in [0.2, 0.25) is 11.8 Å². The number of rotatable bonds is 3. The second-order valence-electron chi connectivity index (χ2n) is 4.07. The number of primary amides is 1. The van der Waals surface area contributed by atoms with Crippen molar-refractivity contribution in [3.63, 3.8) is 0 Å². The molecule has 2 amide bonds. The number of amides is 2. The molecular formula is C13H12ClN3O2. The van der Waals surface area contributed by atoms with E-state index in [1.165, 1.54) is 6.07 Å². The molecule has 0 saturated carbocycles. The number of halogens is 1. The van der Waals surface area contributed by atoms with Crippen LogP contribution in [0.2, 0.25) is 0 Å². The van der Waals surface area contributed by atoms with Crippen molar-refractivity contribution in [2.45, 2.75) is 12.3 Å². The number of pyridine rings is 1. The summed E-state index contributed by atoms with van der Waals surface area (Å²) in [6.45, 7) is 1.56. The molecule has 0 spiro atoms. The van der Waals surface area contributed by atoms with Crippen LogP contribution < -0.4 is 11.1 Å². The topological polar surface area (TPSA) is 85.1 Å². The molecule has 3 N–H and O–H groups in total. The Bertz CT molecular complexity index is 655. The molecule has 0 bridgehead atoms. The molecule has 1 unspecified atom stereocenters. The molecule has 0 aliphatic rings. The predicted octanol–water partition coefficient (Wildman–Crippen LogP) is 1.90. The molecule has 2 rings (SSSR count). The number of nitrogens with one attached hydrogen (secondary N) is 1. The van der Waals surface area contributed by atoms with Gasteiger partial charge in [-0.25, -0.2) is 0 Å². The molecule has 1 aromatic carbocycles. The zero-order valence-electron chi connectivity index (χ0n) is 10.2. The molecular weight excluding hydrogens is 266 g/mol. The second kappa shape index (κ2) is 5.24. The third-order valence-corrected chi connectivity index (χ3v) is 2.81. The van der Waals surface area contributed by atoms with Crippen LogP contribution in [0.25, 0.3) is 10.9 Å². The molecule has 6 heteroatoms. The van der Waals surface area contributed by atoms with E-state index >= 15 is 0 Å². The maximum atomic E-state index is 11.7. The highest BCUT2D eigenvalue weighted by Crippen LogP contribution is 2.23. The molecule has 1 heterocycles. The Balaban J connectivity index is 2.56. The van der Waals surface area contributed by atoms with Crippen molar-refractivity contribution in [1.82, 2.24) is 4.98 Å². The number of alkyl halides is 1. The van der Waals surface area contributed by atoms with Gasteiger partial charge in [-0.1, -0.05) is 6.07 Å². The summed E-state index contributed by atoms with van der Waals surface area (Å²) in [4.78, 5) is 27.1. The summed E-state index contributed by atoms with van der Waals surface area (Å²) in [6, 6.07) is 6.65. The average molecular weight is 278 g/mol. The zero-order chi connectivity index (χ0) is 14.0. The Morgan fingerprint density at radius 2 is 2.16 bits per heavy atom. The van der Waals surface area contributed by atoms with Crippen LogP contribution in [0.5, 0.6) is 0 Å². The van der Waals surface area contributed by atoms with Crippen molar-refractivity contribution in [2.75, 3.05) is 5.32 Å². The summed E-state index contributed by atoms with van der Waals surface area (Å²) < 4.78 is 0. The van der Waals surface area contributed by atoms with Gasteiger partial charge in [0, 0.05) is 17.1 Å². The predicted molar refractivity (Wildman–Crippen MR) is 74.2 cm³/mol. The van der Waals surface area contributed by atoms with Crippen LogP contribution in [0, 0.1) is 0 Å². The van der Waals surface area contributed by atoms with Gasteiger partial charge in [0.1, 0.15) is 5.38 Å². The number of fused-ring (bicyclic) bond motifs is 1. The third-order valence-electron chi connectivity index (χ3n) is 2.61. The third kappa shape index (κ3) is 2.82. The van der Waals surface area contributed by atoms with Gasteiger partial charge >= 0.3 is 0 Å². The number of nitrogens with zero attached hydrogens (tertiary/aromatic N) is 1. The molecule has 5 nitrogen and oxygen atoms in total. The van der Waals surface area contributed by atoms with E-state index in [2.05, 4.69) is 10.3 Å². The van der Waals surface area contributed by atoms with Crippen molar-refractivity contribution in [3.05, 3.63) is 36.0 Å². The van der Waals surface area contributed by atoms with E-state index in [-0.39, 0.29) is 5.91 Å². The average Bonchev–Trinajstić information content (AvgIpc) is 2.38. The number of anilines is 1. The van der Waals surface area contributed by atoms with Gasteiger partial charge in [-0.15, -0.1) is 11.6 Å². The lowest BCUT2D eigenvalue weighted by atomic mass is 10.1. The number of benzene rings is 1. The van der Waals surface area contributed by atoms with E-state index in [4.69, 9.17) is 17.3 Å². The summed E-state index contributed by atoms with van der Waals surface area (Å²) in [7, 11) is 0. The number of hydrogen-bond acceptors (Lipinski definition) is 3. The lowest BCUT2D eigenvalue weighted by molar-refractivity contribution is -0.115. The van der Waals surface area contributed by atoms with Crippen LogP contribution in [0.4, 0.5) is 5.69 Å². The number of hydrogen-bond donors (Lipinski definition) is 2. The van der Waals surface area contributed by atoms with Gasteiger partial charge in [0.05, 0.1) is 11.2 Å². The van der Waals surface area contributed by atoms with Crippen LogP contribution in [0.15, 0.2) is 30.5 Å². The molecule has 0 aliphatic carbocycles. The summed E-state index contributed by atoms with van der Waals surface area (Å²) in [6.07, 6.45) is 1.60. The first-order valence-corrected chi connectivity index (χ1v) is 6.06. The lowest BCUT2D eigenvalue weighted by Gasteiger charge is -2.10. The SMILES string of the molecule is CC(Cl)C(=O)Nc1cc(C(N)=O)cc2cccnc12. The van der Waals surface area contributed by atoms with Gasteiger partial charge in [0.15, 0.2) is 0 Å². The minimum Gasteiger partial charge on any atom is -0.366 e. The first-order valence-electron chi connectivity index (χ1n) is 5.62. The highest BCUT2D eigenvalue weighted by atomic mass is 35.5.